The number of alkyl carbamates (subject to hydrolysis) is 1. The second kappa shape index (κ2) is 6.46. The Hall–Kier alpha value is -2.12. The number of hydrogen-bond donors (Lipinski definition) is 1. The van der Waals surface area contributed by atoms with Crippen molar-refractivity contribution in [2.75, 3.05) is 13.1 Å². The highest BCUT2D eigenvalue weighted by atomic mass is 35.5. The van der Waals surface area contributed by atoms with Gasteiger partial charge in [-0.15, -0.1) is 0 Å². The smallest absolute Gasteiger partial charge is 0.407 e. The molecule has 6 nitrogen and oxygen atoms in total. The van der Waals surface area contributed by atoms with E-state index >= 15 is 0 Å². The van der Waals surface area contributed by atoms with Gasteiger partial charge in [0, 0.05) is 25.6 Å². The number of amides is 1. The Balaban J connectivity index is 1.38. The molecule has 1 aliphatic carbocycles. The Kier molecular flexibility index (Phi) is 4.14. The van der Waals surface area contributed by atoms with Crippen LogP contribution in [0, 0.1) is 5.92 Å². The van der Waals surface area contributed by atoms with Gasteiger partial charge < -0.3 is 15.0 Å². The largest absolute Gasteiger partial charge is 0.441 e. The second-order valence-corrected chi connectivity index (χ2v) is 8.82. The molecular weight excluding hydrogens is 396 g/mol. The Labute approximate surface area is 173 Å². The van der Waals surface area contributed by atoms with Crippen LogP contribution in [0.2, 0.25) is 5.02 Å². The summed E-state index contributed by atoms with van der Waals surface area (Å²) >= 11 is 12.2. The second-order valence-electron chi connectivity index (χ2n) is 8.03. The van der Waals surface area contributed by atoms with Gasteiger partial charge in [-0.1, -0.05) is 48.1 Å². The molecule has 5 rings (SSSR count). The van der Waals surface area contributed by atoms with Crippen LogP contribution in [-0.2, 0) is 18.2 Å². The molecule has 3 aliphatic rings. The Morgan fingerprint density at radius 3 is 2.86 bits per heavy atom. The van der Waals surface area contributed by atoms with Crippen molar-refractivity contribution in [2.24, 2.45) is 13.0 Å². The van der Waals surface area contributed by atoms with Gasteiger partial charge >= 0.3 is 6.09 Å². The maximum Gasteiger partial charge on any atom is 0.407 e. The molecule has 0 radical (unpaired) electrons. The number of aryl methyl sites for hydroxylation is 1. The number of halogens is 1. The minimum atomic E-state index is -0.309. The van der Waals surface area contributed by atoms with E-state index in [-0.39, 0.29) is 17.7 Å². The summed E-state index contributed by atoms with van der Waals surface area (Å²) in [6.07, 6.45) is 3.89. The fourth-order valence-corrected chi connectivity index (χ4v) is 5.49. The summed E-state index contributed by atoms with van der Waals surface area (Å²) in [5, 5.41) is 7.74. The van der Waals surface area contributed by atoms with Gasteiger partial charge in [-0.25, -0.2) is 4.79 Å². The number of hydrogen-bond acceptors (Lipinski definition) is 4. The number of rotatable bonds is 4. The average Bonchev–Trinajstić information content (AvgIpc) is 3.27. The number of ether oxygens (including phenoxy) is 1. The summed E-state index contributed by atoms with van der Waals surface area (Å²) in [6, 6.07) is 8.48. The summed E-state index contributed by atoms with van der Waals surface area (Å²) in [7, 11) is 1.92. The van der Waals surface area contributed by atoms with Crippen LogP contribution in [0.25, 0.3) is 0 Å². The van der Waals surface area contributed by atoms with Crippen LogP contribution < -0.4 is 5.32 Å². The molecule has 8 heteroatoms. The van der Waals surface area contributed by atoms with Crippen molar-refractivity contribution in [3.63, 3.8) is 0 Å². The predicted octanol–water partition coefficient (Wildman–Crippen LogP) is 3.24. The van der Waals surface area contributed by atoms with Gasteiger partial charge in [-0.05, 0) is 24.3 Å². The first-order valence-electron chi connectivity index (χ1n) is 9.49. The molecule has 1 amide bonds. The van der Waals surface area contributed by atoms with Crippen LogP contribution in [0.15, 0.2) is 30.5 Å². The van der Waals surface area contributed by atoms with Crippen LogP contribution in [0.5, 0.6) is 0 Å². The zero-order chi connectivity index (χ0) is 19.5. The standard InChI is InChI=1S/C20H21ClN4O2S/c1-24-17(15(21)9-23-24)6-16-13-4-2-3-5-14(13)18(28)25(16)10-12-7-20(8-12)11-22-19(26)27-20/h2-5,9,12,16H,6-8,10-11H2,1H3,(H,22,26). The highest BCUT2D eigenvalue weighted by Crippen LogP contribution is 2.46. The zero-order valence-corrected chi connectivity index (χ0v) is 17.1. The molecule has 0 bridgehead atoms. The van der Waals surface area contributed by atoms with Crippen molar-refractivity contribution in [3.05, 3.63) is 52.3 Å². The zero-order valence-electron chi connectivity index (χ0n) is 15.5. The molecular formula is C20H21ClN4O2S. The summed E-state index contributed by atoms with van der Waals surface area (Å²) < 4.78 is 7.32. The summed E-state index contributed by atoms with van der Waals surface area (Å²) in [4.78, 5) is 14.6. The van der Waals surface area contributed by atoms with Crippen molar-refractivity contribution in [2.45, 2.75) is 30.9 Å². The van der Waals surface area contributed by atoms with Gasteiger partial charge in [-0.2, -0.15) is 5.10 Å². The molecule has 1 N–H and O–H groups in total. The Morgan fingerprint density at radius 2 is 2.18 bits per heavy atom. The number of carbonyl (C=O) groups excluding carboxylic acids is 1. The van der Waals surface area contributed by atoms with Gasteiger partial charge in [0.15, 0.2) is 0 Å². The van der Waals surface area contributed by atoms with Gasteiger partial charge in [0.2, 0.25) is 0 Å². The van der Waals surface area contributed by atoms with Gasteiger partial charge in [0.05, 0.1) is 29.5 Å². The van der Waals surface area contributed by atoms with E-state index in [1.807, 2.05) is 17.8 Å². The topological polar surface area (TPSA) is 59.4 Å². The van der Waals surface area contributed by atoms with Crippen molar-refractivity contribution in [1.82, 2.24) is 20.0 Å². The third kappa shape index (κ3) is 2.79. The quantitative estimate of drug-likeness (QED) is 0.775. The Bertz CT molecular complexity index is 949. The van der Waals surface area contributed by atoms with E-state index in [0.717, 1.165) is 42.1 Å². The van der Waals surface area contributed by atoms with Crippen LogP contribution in [-0.4, -0.2) is 44.5 Å². The maximum absolute atomic E-state index is 11.4. The molecule has 1 saturated carbocycles. The van der Waals surface area contributed by atoms with Crippen molar-refractivity contribution >= 4 is 34.9 Å². The molecule has 1 atom stereocenters. The molecule has 1 spiro atoms. The minimum Gasteiger partial charge on any atom is -0.441 e. The molecule has 1 aromatic carbocycles. The maximum atomic E-state index is 11.4. The molecule has 2 aromatic rings. The first-order valence-corrected chi connectivity index (χ1v) is 10.3. The molecule has 1 saturated heterocycles. The van der Waals surface area contributed by atoms with E-state index in [1.54, 1.807) is 6.20 Å². The van der Waals surface area contributed by atoms with Crippen molar-refractivity contribution < 1.29 is 9.53 Å². The van der Waals surface area contributed by atoms with Crippen LogP contribution in [0.4, 0.5) is 4.79 Å². The highest BCUT2D eigenvalue weighted by Gasteiger charge is 2.52. The number of aromatic nitrogens is 2. The van der Waals surface area contributed by atoms with E-state index in [2.05, 4.69) is 33.5 Å². The number of fused-ring (bicyclic) bond motifs is 1. The molecule has 2 fully saturated rings. The average molecular weight is 417 g/mol. The lowest BCUT2D eigenvalue weighted by molar-refractivity contribution is -0.0525. The number of thiocarbonyl (C=S) groups is 1. The van der Waals surface area contributed by atoms with Crippen LogP contribution >= 0.6 is 23.8 Å². The van der Waals surface area contributed by atoms with Crippen LogP contribution in [0.1, 0.15) is 35.7 Å². The number of carbonyl (C=O) groups is 1. The van der Waals surface area contributed by atoms with E-state index in [4.69, 9.17) is 28.6 Å². The van der Waals surface area contributed by atoms with E-state index in [0.29, 0.717) is 17.5 Å². The van der Waals surface area contributed by atoms with E-state index in [1.165, 1.54) is 5.56 Å². The fourth-order valence-electron chi connectivity index (χ4n) is 4.86. The molecule has 146 valence electrons. The normalized spacial score (nSPS) is 28.3. The van der Waals surface area contributed by atoms with Gasteiger partial charge in [0.25, 0.3) is 0 Å². The summed E-state index contributed by atoms with van der Waals surface area (Å²) in [5.74, 6) is 0.449. The third-order valence-electron chi connectivity index (χ3n) is 6.22. The monoisotopic (exact) mass is 416 g/mol. The minimum absolute atomic E-state index is 0.136. The molecule has 1 unspecified atom stereocenters. The lowest BCUT2D eigenvalue weighted by Crippen LogP contribution is -2.51. The SMILES string of the molecule is Cn1ncc(Cl)c1CC1c2ccccc2C(=S)N1CC1CC2(CNC(=O)O2)C1. The van der Waals surface area contributed by atoms with Crippen LogP contribution in [0.3, 0.4) is 0 Å². The lowest BCUT2D eigenvalue weighted by Gasteiger charge is -2.45. The first kappa shape index (κ1) is 17.9. The van der Waals surface area contributed by atoms with Gasteiger partial charge in [-0.3, -0.25) is 4.68 Å². The highest BCUT2D eigenvalue weighted by molar-refractivity contribution is 7.80. The lowest BCUT2D eigenvalue weighted by atomic mass is 9.70. The fraction of sp³-hybridized carbons (Fsp3) is 0.450. The Morgan fingerprint density at radius 1 is 1.39 bits per heavy atom. The third-order valence-corrected chi connectivity index (χ3v) is 7.00. The summed E-state index contributed by atoms with van der Waals surface area (Å²) in [6.45, 7) is 1.47. The number of nitrogens with zero attached hydrogens (tertiary/aromatic N) is 3. The van der Waals surface area contributed by atoms with Crippen molar-refractivity contribution in [3.8, 4) is 0 Å². The predicted molar refractivity (Wildman–Crippen MR) is 109 cm³/mol. The summed E-state index contributed by atoms with van der Waals surface area (Å²) in [5.41, 5.74) is 3.07. The molecule has 1 aromatic heterocycles. The molecule has 2 aliphatic heterocycles. The molecule has 3 heterocycles. The van der Waals surface area contributed by atoms with Gasteiger partial charge in [0.1, 0.15) is 10.6 Å². The molecule has 28 heavy (non-hydrogen) atoms. The number of nitrogens with one attached hydrogen (secondary N) is 1. The van der Waals surface area contributed by atoms with E-state index in [9.17, 15) is 4.79 Å². The first-order chi connectivity index (χ1) is 13.5. The number of benzene rings is 1. The van der Waals surface area contributed by atoms with Crippen molar-refractivity contribution in [1.29, 1.82) is 0 Å². The van der Waals surface area contributed by atoms with E-state index < -0.39 is 0 Å².